The maximum atomic E-state index is 13.4. The highest BCUT2D eigenvalue weighted by atomic mass is 19.1. The zero-order chi connectivity index (χ0) is 13.1. The van der Waals surface area contributed by atoms with Crippen LogP contribution in [0.3, 0.4) is 0 Å². The number of likely N-dealkylation sites (N-methyl/N-ethyl adjacent to an activating group) is 1. The Morgan fingerprint density at radius 2 is 2.17 bits per heavy atom. The normalized spacial score (nSPS) is 16.2. The summed E-state index contributed by atoms with van der Waals surface area (Å²) in [5.41, 5.74) is 2.37. The molecule has 2 rings (SSSR count). The molecule has 0 saturated heterocycles. The summed E-state index contributed by atoms with van der Waals surface area (Å²) < 4.78 is 13.4. The topological polar surface area (TPSA) is 15.3 Å². The summed E-state index contributed by atoms with van der Waals surface area (Å²) in [5.74, 6) is 0.421. The van der Waals surface area contributed by atoms with Gasteiger partial charge in [-0.15, -0.1) is 0 Å². The number of hydrogen-bond acceptors (Lipinski definition) is 2. The van der Waals surface area contributed by atoms with Gasteiger partial charge in [0.15, 0.2) is 0 Å². The standard InChI is InChI=1S/C15H23FN2/c1-4-17-10-15(11(2)3)18-8-7-12-5-6-13(16)9-14(12)18/h5-6,9,11,15,17H,4,7-8,10H2,1-3H3. The molecule has 1 heterocycles. The summed E-state index contributed by atoms with van der Waals surface area (Å²) >= 11 is 0. The molecule has 3 heteroatoms. The zero-order valence-corrected chi connectivity index (χ0v) is 11.5. The van der Waals surface area contributed by atoms with E-state index in [0.717, 1.165) is 31.7 Å². The van der Waals surface area contributed by atoms with Crippen molar-refractivity contribution in [2.24, 2.45) is 5.92 Å². The fourth-order valence-corrected chi connectivity index (χ4v) is 2.72. The Morgan fingerprint density at radius 3 is 2.83 bits per heavy atom. The third-order valence-corrected chi connectivity index (χ3v) is 3.75. The minimum atomic E-state index is -0.133. The fraction of sp³-hybridized carbons (Fsp3) is 0.600. The first kappa shape index (κ1) is 13.3. The van der Waals surface area contributed by atoms with Crippen LogP contribution >= 0.6 is 0 Å². The molecule has 0 fully saturated rings. The molecule has 1 unspecified atom stereocenters. The van der Waals surface area contributed by atoms with Crippen molar-refractivity contribution in [2.75, 3.05) is 24.5 Å². The number of halogens is 1. The Labute approximate surface area is 109 Å². The summed E-state index contributed by atoms with van der Waals surface area (Å²) in [6.45, 7) is 9.54. The fourth-order valence-electron chi connectivity index (χ4n) is 2.72. The number of rotatable bonds is 5. The SMILES string of the molecule is CCNCC(C(C)C)N1CCc2ccc(F)cc21. The molecule has 0 bridgehead atoms. The molecule has 18 heavy (non-hydrogen) atoms. The lowest BCUT2D eigenvalue weighted by molar-refractivity contribution is 0.436. The van der Waals surface area contributed by atoms with Gasteiger partial charge in [-0.2, -0.15) is 0 Å². The van der Waals surface area contributed by atoms with Gasteiger partial charge in [0.25, 0.3) is 0 Å². The predicted octanol–water partition coefficient (Wildman–Crippen LogP) is 2.82. The quantitative estimate of drug-likeness (QED) is 0.864. The first-order valence-electron chi connectivity index (χ1n) is 6.89. The minimum Gasteiger partial charge on any atom is -0.366 e. The van der Waals surface area contributed by atoms with E-state index in [1.54, 1.807) is 12.1 Å². The number of benzene rings is 1. The molecule has 100 valence electrons. The van der Waals surface area contributed by atoms with Gasteiger partial charge in [0.2, 0.25) is 0 Å². The molecule has 1 aromatic carbocycles. The third-order valence-electron chi connectivity index (χ3n) is 3.75. The largest absolute Gasteiger partial charge is 0.366 e. The van der Waals surface area contributed by atoms with Crippen LogP contribution in [0, 0.1) is 11.7 Å². The van der Waals surface area contributed by atoms with Crippen LogP contribution in [0.15, 0.2) is 18.2 Å². The summed E-state index contributed by atoms with van der Waals surface area (Å²) in [6.07, 6.45) is 1.03. The molecular weight excluding hydrogens is 227 g/mol. The summed E-state index contributed by atoms with van der Waals surface area (Å²) in [6, 6.07) is 5.61. The highest BCUT2D eigenvalue weighted by molar-refractivity contribution is 5.59. The van der Waals surface area contributed by atoms with Gasteiger partial charge in [-0.1, -0.05) is 26.8 Å². The average Bonchev–Trinajstić information content (AvgIpc) is 2.72. The Kier molecular flexibility index (Phi) is 4.23. The van der Waals surface area contributed by atoms with E-state index in [0.29, 0.717) is 12.0 Å². The number of nitrogens with zero attached hydrogens (tertiary/aromatic N) is 1. The number of hydrogen-bond donors (Lipinski definition) is 1. The van der Waals surface area contributed by atoms with Gasteiger partial charge in [-0.3, -0.25) is 0 Å². The van der Waals surface area contributed by atoms with Crippen molar-refractivity contribution in [3.63, 3.8) is 0 Å². The summed E-state index contributed by atoms with van der Waals surface area (Å²) in [5, 5.41) is 3.42. The van der Waals surface area contributed by atoms with Crippen LogP contribution in [0.25, 0.3) is 0 Å². The smallest absolute Gasteiger partial charge is 0.125 e. The Morgan fingerprint density at radius 1 is 1.39 bits per heavy atom. The van der Waals surface area contributed by atoms with Crippen LogP contribution in [-0.4, -0.2) is 25.7 Å². The van der Waals surface area contributed by atoms with Gasteiger partial charge in [0, 0.05) is 24.8 Å². The van der Waals surface area contributed by atoms with Crippen LogP contribution in [0.2, 0.25) is 0 Å². The van der Waals surface area contributed by atoms with Gasteiger partial charge in [0.05, 0.1) is 0 Å². The van der Waals surface area contributed by atoms with Crippen LogP contribution in [0.5, 0.6) is 0 Å². The monoisotopic (exact) mass is 250 g/mol. The maximum Gasteiger partial charge on any atom is 0.125 e. The van der Waals surface area contributed by atoms with Crippen molar-refractivity contribution >= 4 is 5.69 Å². The van der Waals surface area contributed by atoms with E-state index in [1.807, 2.05) is 6.07 Å². The summed E-state index contributed by atoms with van der Waals surface area (Å²) in [7, 11) is 0. The molecule has 0 aromatic heterocycles. The predicted molar refractivity (Wildman–Crippen MR) is 74.6 cm³/mol. The second kappa shape index (κ2) is 5.70. The first-order chi connectivity index (χ1) is 8.63. The van der Waals surface area contributed by atoms with Crippen LogP contribution in [0.1, 0.15) is 26.3 Å². The van der Waals surface area contributed by atoms with Crippen molar-refractivity contribution in [2.45, 2.75) is 33.2 Å². The van der Waals surface area contributed by atoms with Gasteiger partial charge < -0.3 is 10.2 Å². The zero-order valence-electron chi connectivity index (χ0n) is 11.5. The molecule has 1 atom stereocenters. The minimum absolute atomic E-state index is 0.133. The van der Waals surface area contributed by atoms with E-state index >= 15 is 0 Å². The molecule has 0 saturated carbocycles. The van der Waals surface area contributed by atoms with Gasteiger partial charge in [-0.25, -0.2) is 4.39 Å². The van der Waals surface area contributed by atoms with Gasteiger partial charge in [-0.05, 0) is 36.6 Å². The van der Waals surface area contributed by atoms with E-state index in [9.17, 15) is 4.39 Å². The van der Waals surface area contributed by atoms with E-state index in [1.165, 1.54) is 5.56 Å². The van der Waals surface area contributed by atoms with E-state index in [2.05, 4.69) is 31.0 Å². The molecule has 0 spiro atoms. The molecule has 2 nitrogen and oxygen atoms in total. The lowest BCUT2D eigenvalue weighted by Gasteiger charge is -2.33. The van der Waals surface area contributed by atoms with Crippen molar-refractivity contribution in [3.05, 3.63) is 29.6 Å². The average molecular weight is 250 g/mol. The molecular formula is C15H23FN2. The highest BCUT2D eigenvalue weighted by Crippen LogP contribution is 2.31. The highest BCUT2D eigenvalue weighted by Gasteiger charge is 2.27. The number of nitrogens with one attached hydrogen (secondary N) is 1. The lowest BCUT2D eigenvalue weighted by atomic mass is 10.0. The molecule has 0 radical (unpaired) electrons. The second-order valence-electron chi connectivity index (χ2n) is 5.34. The molecule has 1 aliphatic heterocycles. The second-order valence-corrected chi connectivity index (χ2v) is 5.34. The van der Waals surface area contributed by atoms with E-state index in [-0.39, 0.29) is 5.82 Å². The van der Waals surface area contributed by atoms with E-state index in [4.69, 9.17) is 0 Å². The Balaban J connectivity index is 2.21. The molecule has 1 aromatic rings. The molecule has 0 aliphatic carbocycles. The van der Waals surface area contributed by atoms with Crippen molar-refractivity contribution < 1.29 is 4.39 Å². The molecule has 0 amide bonds. The lowest BCUT2D eigenvalue weighted by Crippen LogP contribution is -2.45. The van der Waals surface area contributed by atoms with Crippen molar-refractivity contribution in [3.8, 4) is 0 Å². The first-order valence-corrected chi connectivity index (χ1v) is 6.89. The van der Waals surface area contributed by atoms with Crippen LogP contribution in [-0.2, 0) is 6.42 Å². The molecule has 1 N–H and O–H groups in total. The Hall–Kier alpha value is -1.09. The Bertz CT molecular complexity index is 403. The maximum absolute atomic E-state index is 13.4. The third kappa shape index (κ3) is 2.66. The molecule has 1 aliphatic rings. The van der Waals surface area contributed by atoms with Crippen molar-refractivity contribution in [1.82, 2.24) is 5.32 Å². The van der Waals surface area contributed by atoms with Crippen LogP contribution in [0.4, 0.5) is 10.1 Å². The number of anilines is 1. The van der Waals surface area contributed by atoms with Gasteiger partial charge in [0.1, 0.15) is 5.82 Å². The van der Waals surface area contributed by atoms with Crippen molar-refractivity contribution in [1.29, 1.82) is 0 Å². The van der Waals surface area contributed by atoms with Gasteiger partial charge >= 0.3 is 0 Å². The van der Waals surface area contributed by atoms with E-state index < -0.39 is 0 Å². The summed E-state index contributed by atoms with van der Waals surface area (Å²) in [4.78, 5) is 2.37. The van der Waals surface area contributed by atoms with Crippen LogP contribution < -0.4 is 10.2 Å². The number of fused-ring (bicyclic) bond motifs is 1.